The van der Waals surface area contributed by atoms with Crippen molar-refractivity contribution in [1.82, 2.24) is 4.90 Å². The topological polar surface area (TPSA) is 49.8 Å². The molecule has 0 bridgehead atoms. The highest BCUT2D eigenvalue weighted by atomic mass is 16.5. The molecular formula is C16H23NO3. The van der Waals surface area contributed by atoms with Crippen molar-refractivity contribution in [3.05, 3.63) is 29.3 Å². The summed E-state index contributed by atoms with van der Waals surface area (Å²) in [4.78, 5) is 14.3. The van der Waals surface area contributed by atoms with Gasteiger partial charge in [0.05, 0.1) is 13.5 Å². The Morgan fingerprint density at radius 2 is 2.30 bits per heavy atom. The number of carbonyl (C=O) groups is 1. The molecule has 1 aromatic carbocycles. The van der Waals surface area contributed by atoms with E-state index in [1.165, 1.54) is 0 Å². The number of nitrogens with zero attached hydrogens (tertiary/aromatic N) is 1. The molecule has 1 atom stereocenters. The van der Waals surface area contributed by atoms with Crippen molar-refractivity contribution in [2.24, 2.45) is 5.92 Å². The second kappa shape index (κ2) is 6.75. The van der Waals surface area contributed by atoms with Crippen LogP contribution in [0.15, 0.2) is 18.2 Å². The summed E-state index contributed by atoms with van der Waals surface area (Å²) in [6, 6.07) is 5.89. The van der Waals surface area contributed by atoms with Gasteiger partial charge in [0.1, 0.15) is 5.75 Å². The van der Waals surface area contributed by atoms with E-state index in [1.54, 1.807) is 7.11 Å². The van der Waals surface area contributed by atoms with Crippen LogP contribution in [0.2, 0.25) is 0 Å². The second-order valence-corrected chi connectivity index (χ2v) is 5.52. The van der Waals surface area contributed by atoms with Gasteiger partial charge in [0.2, 0.25) is 5.91 Å². The molecule has 4 heteroatoms. The Labute approximate surface area is 120 Å². The number of ether oxygens (including phenoxy) is 1. The van der Waals surface area contributed by atoms with Crippen LogP contribution in [0, 0.1) is 12.8 Å². The van der Waals surface area contributed by atoms with Crippen LogP contribution in [0.3, 0.4) is 0 Å². The Bertz CT molecular complexity index is 473. The molecule has 0 aromatic heterocycles. The van der Waals surface area contributed by atoms with E-state index in [-0.39, 0.29) is 18.4 Å². The van der Waals surface area contributed by atoms with E-state index >= 15 is 0 Å². The molecule has 0 radical (unpaired) electrons. The van der Waals surface area contributed by atoms with Gasteiger partial charge >= 0.3 is 0 Å². The summed E-state index contributed by atoms with van der Waals surface area (Å²) in [7, 11) is 1.63. The first-order chi connectivity index (χ1) is 9.63. The fourth-order valence-corrected chi connectivity index (χ4v) is 2.76. The summed E-state index contributed by atoms with van der Waals surface area (Å²) in [5, 5.41) is 9.24. The first-order valence-electron chi connectivity index (χ1n) is 7.16. The molecule has 1 saturated heterocycles. The number of hydrogen-bond donors (Lipinski definition) is 1. The van der Waals surface area contributed by atoms with Gasteiger partial charge in [0, 0.05) is 25.3 Å². The lowest BCUT2D eigenvalue weighted by molar-refractivity contribution is -0.132. The monoisotopic (exact) mass is 277 g/mol. The quantitative estimate of drug-likeness (QED) is 0.912. The van der Waals surface area contributed by atoms with Gasteiger partial charge in [-0.2, -0.15) is 0 Å². The summed E-state index contributed by atoms with van der Waals surface area (Å²) in [6.45, 7) is 3.64. The zero-order chi connectivity index (χ0) is 14.5. The normalized spacial score (nSPS) is 18.9. The van der Waals surface area contributed by atoms with Crippen molar-refractivity contribution in [3.8, 4) is 5.75 Å². The standard InChI is InChI=1S/C16H23NO3/c1-12-5-6-15(20-2)14(8-12)9-16(19)17-7-3-4-13(10-17)11-18/h5-6,8,13,18H,3-4,7,9-11H2,1-2H3. The van der Waals surface area contributed by atoms with Crippen molar-refractivity contribution in [1.29, 1.82) is 0 Å². The number of aryl methyl sites for hydroxylation is 1. The highest BCUT2D eigenvalue weighted by Crippen LogP contribution is 2.22. The van der Waals surface area contributed by atoms with Crippen LogP contribution in [0.1, 0.15) is 24.0 Å². The molecule has 0 spiro atoms. The number of hydrogen-bond acceptors (Lipinski definition) is 3. The number of methoxy groups -OCH3 is 1. The smallest absolute Gasteiger partial charge is 0.227 e. The van der Waals surface area contributed by atoms with Gasteiger partial charge in [-0.15, -0.1) is 0 Å². The molecule has 1 amide bonds. The molecule has 1 aliphatic rings. The number of aliphatic hydroxyl groups is 1. The van der Waals surface area contributed by atoms with E-state index in [2.05, 4.69) is 0 Å². The molecule has 20 heavy (non-hydrogen) atoms. The summed E-state index contributed by atoms with van der Waals surface area (Å²) in [5.41, 5.74) is 2.06. The summed E-state index contributed by atoms with van der Waals surface area (Å²) >= 11 is 0. The lowest BCUT2D eigenvalue weighted by Gasteiger charge is -2.32. The van der Waals surface area contributed by atoms with Crippen LogP contribution in [-0.4, -0.2) is 42.7 Å². The van der Waals surface area contributed by atoms with Crippen molar-refractivity contribution in [3.63, 3.8) is 0 Å². The number of piperidine rings is 1. The number of amides is 1. The molecule has 1 N–H and O–H groups in total. The zero-order valence-corrected chi connectivity index (χ0v) is 12.3. The molecule has 1 aliphatic heterocycles. The molecule has 1 heterocycles. The number of aliphatic hydroxyl groups excluding tert-OH is 1. The number of benzene rings is 1. The zero-order valence-electron chi connectivity index (χ0n) is 12.3. The van der Waals surface area contributed by atoms with Crippen LogP contribution >= 0.6 is 0 Å². The van der Waals surface area contributed by atoms with Crippen LogP contribution in [0.5, 0.6) is 5.75 Å². The molecule has 110 valence electrons. The summed E-state index contributed by atoms with van der Waals surface area (Å²) < 4.78 is 5.32. The fraction of sp³-hybridized carbons (Fsp3) is 0.562. The number of likely N-dealkylation sites (tertiary alicyclic amines) is 1. The van der Waals surface area contributed by atoms with Gasteiger partial charge in [-0.1, -0.05) is 17.7 Å². The van der Waals surface area contributed by atoms with Gasteiger partial charge in [-0.3, -0.25) is 4.79 Å². The van der Waals surface area contributed by atoms with Crippen LogP contribution in [0.4, 0.5) is 0 Å². The lowest BCUT2D eigenvalue weighted by atomic mass is 9.98. The Morgan fingerprint density at radius 1 is 1.50 bits per heavy atom. The number of carbonyl (C=O) groups excluding carboxylic acids is 1. The fourth-order valence-electron chi connectivity index (χ4n) is 2.76. The molecular weight excluding hydrogens is 254 g/mol. The van der Waals surface area contributed by atoms with E-state index in [0.717, 1.165) is 36.3 Å². The second-order valence-electron chi connectivity index (χ2n) is 5.52. The molecule has 2 rings (SSSR count). The maximum absolute atomic E-state index is 12.4. The van der Waals surface area contributed by atoms with Gasteiger partial charge in [-0.25, -0.2) is 0 Å². The number of rotatable bonds is 4. The highest BCUT2D eigenvalue weighted by Gasteiger charge is 2.23. The van der Waals surface area contributed by atoms with Crippen molar-refractivity contribution in [2.75, 3.05) is 26.8 Å². The minimum absolute atomic E-state index is 0.118. The van der Waals surface area contributed by atoms with E-state index in [0.29, 0.717) is 13.0 Å². The molecule has 0 aliphatic carbocycles. The average Bonchev–Trinajstić information content (AvgIpc) is 2.47. The van der Waals surface area contributed by atoms with E-state index in [9.17, 15) is 9.90 Å². The van der Waals surface area contributed by atoms with Crippen LogP contribution in [-0.2, 0) is 11.2 Å². The largest absolute Gasteiger partial charge is 0.496 e. The Hall–Kier alpha value is -1.55. The van der Waals surface area contributed by atoms with Crippen molar-refractivity contribution in [2.45, 2.75) is 26.2 Å². The molecule has 1 fully saturated rings. The lowest BCUT2D eigenvalue weighted by Crippen LogP contribution is -2.41. The van der Waals surface area contributed by atoms with Gasteiger partial charge in [-0.05, 0) is 31.7 Å². The Balaban J connectivity index is 2.05. The van der Waals surface area contributed by atoms with E-state index < -0.39 is 0 Å². The molecule has 0 saturated carbocycles. The van der Waals surface area contributed by atoms with Crippen LogP contribution < -0.4 is 4.74 Å². The van der Waals surface area contributed by atoms with E-state index in [1.807, 2.05) is 30.0 Å². The molecule has 1 unspecified atom stereocenters. The van der Waals surface area contributed by atoms with Gasteiger partial charge in [0.15, 0.2) is 0 Å². The first kappa shape index (κ1) is 14.9. The summed E-state index contributed by atoms with van der Waals surface area (Å²) in [6.07, 6.45) is 2.35. The Kier molecular flexibility index (Phi) is 5.01. The molecule has 4 nitrogen and oxygen atoms in total. The van der Waals surface area contributed by atoms with Gasteiger partial charge in [0.25, 0.3) is 0 Å². The maximum atomic E-state index is 12.4. The predicted octanol–water partition coefficient (Wildman–Crippen LogP) is 1.78. The highest BCUT2D eigenvalue weighted by molar-refractivity contribution is 5.79. The van der Waals surface area contributed by atoms with Crippen LogP contribution in [0.25, 0.3) is 0 Å². The summed E-state index contributed by atoms with van der Waals surface area (Å²) in [5.74, 6) is 1.11. The van der Waals surface area contributed by atoms with Crippen molar-refractivity contribution >= 4 is 5.91 Å². The molecule has 1 aromatic rings. The van der Waals surface area contributed by atoms with Gasteiger partial charge < -0.3 is 14.7 Å². The Morgan fingerprint density at radius 3 is 3.00 bits per heavy atom. The van der Waals surface area contributed by atoms with Crippen molar-refractivity contribution < 1.29 is 14.6 Å². The first-order valence-corrected chi connectivity index (χ1v) is 7.16. The average molecular weight is 277 g/mol. The third-order valence-corrected chi connectivity index (χ3v) is 3.91. The minimum Gasteiger partial charge on any atom is -0.496 e. The third-order valence-electron chi connectivity index (χ3n) is 3.91. The maximum Gasteiger partial charge on any atom is 0.227 e. The van der Waals surface area contributed by atoms with E-state index in [4.69, 9.17) is 4.74 Å². The predicted molar refractivity (Wildman–Crippen MR) is 77.8 cm³/mol. The third kappa shape index (κ3) is 3.51. The minimum atomic E-state index is 0.118. The SMILES string of the molecule is COc1ccc(C)cc1CC(=O)N1CCCC(CO)C1.